The number of rotatable bonds is 5. The normalized spacial score (nSPS) is 23.1. The molecule has 2 N–H and O–H groups in total. The minimum Gasteiger partial charge on any atom is -0.352 e. The van der Waals surface area contributed by atoms with Crippen LogP contribution in [-0.4, -0.2) is 51.5 Å². The number of fused-ring (bicyclic) bond motifs is 1. The van der Waals surface area contributed by atoms with Crippen molar-refractivity contribution in [2.24, 2.45) is 11.8 Å². The Morgan fingerprint density at radius 3 is 2.74 bits per heavy atom. The zero-order valence-electron chi connectivity index (χ0n) is 17.4. The average Bonchev–Trinajstić information content (AvgIpc) is 3.36. The van der Waals surface area contributed by atoms with Crippen LogP contribution in [0.25, 0.3) is 0 Å². The molecule has 2 aromatic rings. The highest BCUT2D eigenvalue weighted by Gasteiger charge is 2.42. The van der Waals surface area contributed by atoms with E-state index in [0.717, 1.165) is 5.56 Å². The number of carbonyl (C=O) groups is 3. The number of nitrogens with one attached hydrogen (secondary N) is 2. The second kappa shape index (κ2) is 9.09. The summed E-state index contributed by atoms with van der Waals surface area (Å²) in [4.78, 5) is 39.8. The van der Waals surface area contributed by atoms with E-state index in [1.807, 2.05) is 19.1 Å². The van der Waals surface area contributed by atoms with Gasteiger partial charge in [-0.2, -0.15) is 5.10 Å². The summed E-state index contributed by atoms with van der Waals surface area (Å²) in [5, 5.41) is 10.8. The van der Waals surface area contributed by atoms with Gasteiger partial charge in [0.05, 0.1) is 6.54 Å². The standard InChI is InChI=1S/C22H26ClN5O3/c1-2-28-19(7-8-25-28)22(31)27-12-16-9-15(10-18(16)26-20(29)13-27)21(30)24-11-14-3-5-17(23)6-4-14/h3-8,15-16,18H,2,9-13H2,1H3,(H,24,30)(H,26,29)/t15-,16+,18+/m0/s1. The summed E-state index contributed by atoms with van der Waals surface area (Å²) in [7, 11) is 0. The molecule has 1 aromatic carbocycles. The van der Waals surface area contributed by atoms with E-state index in [1.54, 1.807) is 34.0 Å². The number of carbonyl (C=O) groups excluding carboxylic acids is 3. The van der Waals surface area contributed by atoms with Crippen LogP contribution in [0.3, 0.4) is 0 Å². The molecular weight excluding hydrogens is 418 g/mol. The van der Waals surface area contributed by atoms with E-state index in [9.17, 15) is 14.4 Å². The molecular formula is C22H26ClN5O3. The molecule has 164 valence electrons. The highest BCUT2D eigenvalue weighted by molar-refractivity contribution is 6.30. The quantitative estimate of drug-likeness (QED) is 0.737. The van der Waals surface area contributed by atoms with Crippen molar-refractivity contribution in [1.82, 2.24) is 25.3 Å². The predicted molar refractivity (Wildman–Crippen MR) is 115 cm³/mol. The maximum atomic E-state index is 13.0. The number of benzene rings is 1. The van der Waals surface area contributed by atoms with Gasteiger partial charge in [0.1, 0.15) is 5.69 Å². The molecule has 1 saturated heterocycles. The highest BCUT2D eigenvalue weighted by Crippen LogP contribution is 2.34. The Kier molecular flexibility index (Phi) is 6.27. The van der Waals surface area contributed by atoms with Crippen molar-refractivity contribution in [3.63, 3.8) is 0 Å². The van der Waals surface area contributed by atoms with Crippen LogP contribution in [0, 0.1) is 11.8 Å². The third-order valence-electron chi connectivity index (χ3n) is 6.10. The molecule has 2 fully saturated rings. The first kappa shape index (κ1) is 21.4. The Labute approximate surface area is 185 Å². The fraction of sp³-hybridized carbons (Fsp3) is 0.455. The summed E-state index contributed by atoms with van der Waals surface area (Å²) in [6.45, 7) is 3.39. The van der Waals surface area contributed by atoms with Crippen molar-refractivity contribution >= 4 is 29.3 Å². The molecule has 9 heteroatoms. The molecule has 1 aliphatic heterocycles. The number of halogens is 1. The van der Waals surface area contributed by atoms with Gasteiger partial charge in [-0.25, -0.2) is 0 Å². The second-order valence-electron chi connectivity index (χ2n) is 8.16. The van der Waals surface area contributed by atoms with Crippen LogP contribution in [0.4, 0.5) is 0 Å². The summed E-state index contributed by atoms with van der Waals surface area (Å²) in [5.74, 6) is -0.575. The second-order valence-corrected chi connectivity index (χ2v) is 8.60. The summed E-state index contributed by atoms with van der Waals surface area (Å²) in [6.07, 6.45) is 2.81. The lowest BCUT2D eigenvalue weighted by Gasteiger charge is -2.23. The van der Waals surface area contributed by atoms with Crippen molar-refractivity contribution in [3.05, 3.63) is 52.8 Å². The molecule has 0 bridgehead atoms. The van der Waals surface area contributed by atoms with Gasteiger partial charge >= 0.3 is 0 Å². The molecule has 1 aromatic heterocycles. The van der Waals surface area contributed by atoms with Gasteiger partial charge in [0.15, 0.2) is 0 Å². The lowest BCUT2D eigenvalue weighted by atomic mass is 10.0. The van der Waals surface area contributed by atoms with Crippen molar-refractivity contribution < 1.29 is 14.4 Å². The lowest BCUT2D eigenvalue weighted by Crippen LogP contribution is -2.40. The Bertz CT molecular complexity index is 974. The maximum Gasteiger partial charge on any atom is 0.272 e. The first-order valence-corrected chi connectivity index (χ1v) is 10.9. The molecule has 2 heterocycles. The lowest BCUT2D eigenvalue weighted by molar-refractivity contribution is -0.125. The van der Waals surface area contributed by atoms with Crippen molar-refractivity contribution in [2.75, 3.05) is 13.1 Å². The molecule has 3 amide bonds. The first-order chi connectivity index (χ1) is 14.9. The Balaban J connectivity index is 1.39. The van der Waals surface area contributed by atoms with E-state index < -0.39 is 0 Å². The van der Waals surface area contributed by atoms with E-state index >= 15 is 0 Å². The number of aryl methyl sites for hydroxylation is 1. The van der Waals surface area contributed by atoms with Gasteiger partial charge in [0.2, 0.25) is 11.8 Å². The summed E-state index contributed by atoms with van der Waals surface area (Å²) in [6, 6.07) is 8.92. The SMILES string of the molecule is CCn1nccc1C(=O)N1CC(=O)N[C@@H]2C[C@@H](C(=O)NCc3ccc(Cl)cc3)C[C@@H]2C1. The number of hydrogen-bond acceptors (Lipinski definition) is 4. The predicted octanol–water partition coefficient (Wildman–Crippen LogP) is 1.84. The van der Waals surface area contributed by atoms with Gasteiger partial charge in [0, 0.05) is 42.8 Å². The maximum absolute atomic E-state index is 13.0. The molecule has 31 heavy (non-hydrogen) atoms. The van der Waals surface area contributed by atoms with E-state index in [-0.39, 0.29) is 42.1 Å². The average molecular weight is 444 g/mol. The zero-order chi connectivity index (χ0) is 22.0. The van der Waals surface area contributed by atoms with Crippen LogP contribution in [0.2, 0.25) is 5.02 Å². The topological polar surface area (TPSA) is 96.3 Å². The number of nitrogens with zero attached hydrogens (tertiary/aromatic N) is 3. The van der Waals surface area contributed by atoms with Crippen LogP contribution < -0.4 is 10.6 Å². The fourth-order valence-electron chi connectivity index (χ4n) is 4.51. The van der Waals surface area contributed by atoms with Crippen LogP contribution in [-0.2, 0) is 22.7 Å². The number of hydrogen-bond donors (Lipinski definition) is 2. The third-order valence-corrected chi connectivity index (χ3v) is 6.36. The Morgan fingerprint density at radius 2 is 2.00 bits per heavy atom. The van der Waals surface area contributed by atoms with Crippen molar-refractivity contribution in [2.45, 2.75) is 38.9 Å². The van der Waals surface area contributed by atoms with E-state index in [4.69, 9.17) is 11.6 Å². The Morgan fingerprint density at radius 1 is 1.23 bits per heavy atom. The van der Waals surface area contributed by atoms with E-state index in [2.05, 4.69) is 15.7 Å². The number of aromatic nitrogens is 2. The van der Waals surface area contributed by atoms with Crippen LogP contribution in [0.5, 0.6) is 0 Å². The van der Waals surface area contributed by atoms with Gasteiger partial charge in [-0.3, -0.25) is 19.1 Å². The summed E-state index contributed by atoms with van der Waals surface area (Å²) < 4.78 is 1.63. The molecule has 0 radical (unpaired) electrons. The van der Waals surface area contributed by atoms with Gasteiger partial charge in [-0.1, -0.05) is 23.7 Å². The minimum absolute atomic E-state index is 0.0220. The summed E-state index contributed by atoms with van der Waals surface area (Å²) in [5.41, 5.74) is 1.45. The van der Waals surface area contributed by atoms with Gasteiger partial charge < -0.3 is 15.5 Å². The molecule has 4 rings (SSSR count). The molecule has 8 nitrogen and oxygen atoms in total. The zero-order valence-corrected chi connectivity index (χ0v) is 18.1. The molecule has 1 aliphatic carbocycles. The molecule has 0 unspecified atom stereocenters. The van der Waals surface area contributed by atoms with Gasteiger partial charge in [0.25, 0.3) is 5.91 Å². The monoisotopic (exact) mass is 443 g/mol. The largest absolute Gasteiger partial charge is 0.352 e. The molecule has 1 saturated carbocycles. The van der Waals surface area contributed by atoms with Gasteiger partial charge in [-0.05, 0) is 49.4 Å². The van der Waals surface area contributed by atoms with Crippen LogP contribution in [0.1, 0.15) is 35.8 Å². The third kappa shape index (κ3) is 4.74. The van der Waals surface area contributed by atoms with E-state index in [1.165, 1.54) is 0 Å². The van der Waals surface area contributed by atoms with E-state index in [0.29, 0.717) is 43.2 Å². The number of amides is 3. The van der Waals surface area contributed by atoms with Crippen LogP contribution >= 0.6 is 11.6 Å². The van der Waals surface area contributed by atoms with Gasteiger partial charge in [-0.15, -0.1) is 0 Å². The molecule has 2 aliphatic rings. The van der Waals surface area contributed by atoms with Crippen molar-refractivity contribution in [1.29, 1.82) is 0 Å². The Hall–Kier alpha value is -2.87. The highest BCUT2D eigenvalue weighted by atomic mass is 35.5. The minimum atomic E-state index is -0.203. The summed E-state index contributed by atoms with van der Waals surface area (Å²) >= 11 is 5.90. The fourth-order valence-corrected chi connectivity index (χ4v) is 4.64. The van der Waals surface area contributed by atoms with Crippen LogP contribution in [0.15, 0.2) is 36.5 Å². The van der Waals surface area contributed by atoms with Crippen molar-refractivity contribution in [3.8, 4) is 0 Å². The molecule has 3 atom stereocenters. The first-order valence-electron chi connectivity index (χ1n) is 10.6. The molecule has 0 spiro atoms. The smallest absolute Gasteiger partial charge is 0.272 e.